The molecule has 0 atom stereocenters. The van der Waals surface area contributed by atoms with E-state index in [1.54, 1.807) is 29.1 Å². The summed E-state index contributed by atoms with van der Waals surface area (Å²) in [4.78, 5) is 25.8. The van der Waals surface area contributed by atoms with E-state index in [9.17, 15) is 4.79 Å². The van der Waals surface area contributed by atoms with Gasteiger partial charge in [-0.2, -0.15) is 5.10 Å². The lowest BCUT2D eigenvalue weighted by Gasteiger charge is -2.35. The third kappa shape index (κ3) is 2.83. The molecular weight excluding hydrogens is 330 g/mol. The van der Waals surface area contributed by atoms with Gasteiger partial charge in [0.15, 0.2) is 5.65 Å². The number of nitrogens with two attached hydrogens (primary N) is 1. The molecule has 0 spiro atoms. The van der Waals surface area contributed by atoms with Gasteiger partial charge in [0.1, 0.15) is 11.6 Å². The molecular formula is C18H21N7O. The Kier molecular flexibility index (Phi) is 3.95. The van der Waals surface area contributed by atoms with Gasteiger partial charge in [-0.05, 0) is 25.1 Å². The number of piperazine rings is 1. The van der Waals surface area contributed by atoms with Crippen molar-refractivity contribution in [3.8, 4) is 0 Å². The van der Waals surface area contributed by atoms with Gasteiger partial charge in [0.05, 0.1) is 11.6 Å². The predicted molar refractivity (Wildman–Crippen MR) is 100 cm³/mol. The first kappa shape index (κ1) is 16.3. The Morgan fingerprint density at radius 2 is 1.92 bits per heavy atom. The molecule has 1 aliphatic rings. The van der Waals surface area contributed by atoms with Crippen LogP contribution >= 0.6 is 0 Å². The molecule has 3 heterocycles. The first-order valence-electron chi connectivity index (χ1n) is 8.59. The number of benzene rings is 1. The summed E-state index contributed by atoms with van der Waals surface area (Å²) in [5.74, 6) is 1.62. The molecule has 0 radical (unpaired) electrons. The number of aryl methyl sites for hydroxylation is 2. The van der Waals surface area contributed by atoms with Crippen LogP contribution in [0.15, 0.2) is 30.5 Å². The van der Waals surface area contributed by atoms with Crippen LogP contribution in [0.1, 0.15) is 16.2 Å². The van der Waals surface area contributed by atoms with Gasteiger partial charge in [-0.25, -0.2) is 9.97 Å². The fourth-order valence-electron chi connectivity index (χ4n) is 3.33. The second kappa shape index (κ2) is 6.29. The number of nitrogen functional groups attached to an aromatic ring is 1. The SMILES string of the molecule is Cc1nc(N2CCN(C(=O)c3cccc(N)c3)CC2)c2cnn(C)c2n1. The molecule has 2 N–H and O–H groups in total. The maximum atomic E-state index is 12.7. The molecule has 26 heavy (non-hydrogen) atoms. The van der Waals surface area contributed by atoms with E-state index >= 15 is 0 Å². The quantitative estimate of drug-likeness (QED) is 0.698. The van der Waals surface area contributed by atoms with Gasteiger partial charge < -0.3 is 15.5 Å². The Labute approximate surface area is 151 Å². The molecule has 1 saturated heterocycles. The summed E-state index contributed by atoms with van der Waals surface area (Å²) in [6.07, 6.45) is 1.80. The summed E-state index contributed by atoms with van der Waals surface area (Å²) in [7, 11) is 1.88. The number of hydrogen-bond donors (Lipinski definition) is 1. The van der Waals surface area contributed by atoms with Gasteiger partial charge in [-0.15, -0.1) is 0 Å². The number of nitrogens with zero attached hydrogens (tertiary/aromatic N) is 6. The van der Waals surface area contributed by atoms with Crippen LogP contribution in [0, 0.1) is 6.92 Å². The lowest BCUT2D eigenvalue weighted by Crippen LogP contribution is -2.49. The minimum atomic E-state index is 0.0161. The van der Waals surface area contributed by atoms with Crippen molar-refractivity contribution < 1.29 is 4.79 Å². The zero-order valence-corrected chi connectivity index (χ0v) is 14.9. The topological polar surface area (TPSA) is 93.2 Å². The third-order valence-corrected chi connectivity index (χ3v) is 4.68. The third-order valence-electron chi connectivity index (χ3n) is 4.68. The first-order valence-corrected chi connectivity index (χ1v) is 8.59. The van der Waals surface area contributed by atoms with Gasteiger partial charge in [0.2, 0.25) is 0 Å². The Balaban J connectivity index is 1.53. The minimum Gasteiger partial charge on any atom is -0.399 e. The van der Waals surface area contributed by atoms with Crippen LogP contribution in [0.4, 0.5) is 11.5 Å². The molecule has 8 heteroatoms. The molecule has 134 valence electrons. The molecule has 0 unspecified atom stereocenters. The van der Waals surface area contributed by atoms with Gasteiger partial charge in [-0.3, -0.25) is 9.48 Å². The Hall–Kier alpha value is -3.16. The molecule has 0 saturated carbocycles. The van der Waals surface area contributed by atoms with E-state index < -0.39 is 0 Å². The van der Waals surface area contributed by atoms with Crippen LogP contribution in [0.3, 0.4) is 0 Å². The minimum absolute atomic E-state index is 0.0161. The fourth-order valence-corrected chi connectivity index (χ4v) is 3.33. The van der Waals surface area contributed by atoms with E-state index in [0.29, 0.717) is 37.4 Å². The second-order valence-corrected chi connectivity index (χ2v) is 6.50. The largest absolute Gasteiger partial charge is 0.399 e. The van der Waals surface area contributed by atoms with Crippen molar-refractivity contribution >= 4 is 28.4 Å². The van der Waals surface area contributed by atoms with Crippen LogP contribution < -0.4 is 10.6 Å². The summed E-state index contributed by atoms with van der Waals surface area (Å²) in [6.45, 7) is 4.59. The van der Waals surface area contributed by atoms with Crippen molar-refractivity contribution in [3.05, 3.63) is 41.9 Å². The Morgan fingerprint density at radius 1 is 1.15 bits per heavy atom. The number of amides is 1. The fraction of sp³-hybridized carbons (Fsp3) is 0.333. The number of carbonyl (C=O) groups is 1. The number of carbonyl (C=O) groups excluding carboxylic acids is 1. The molecule has 0 bridgehead atoms. The maximum absolute atomic E-state index is 12.7. The van der Waals surface area contributed by atoms with Crippen LogP contribution in [0.25, 0.3) is 11.0 Å². The zero-order valence-electron chi connectivity index (χ0n) is 14.9. The lowest BCUT2D eigenvalue weighted by atomic mass is 10.1. The average Bonchev–Trinajstić information content (AvgIpc) is 3.01. The maximum Gasteiger partial charge on any atom is 0.254 e. The highest BCUT2D eigenvalue weighted by Gasteiger charge is 2.25. The first-order chi connectivity index (χ1) is 12.5. The summed E-state index contributed by atoms with van der Waals surface area (Å²) < 4.78 is 1.76. The average molecular weight is 351 g/mol. The Morgan fingerprint density at radius 3 is 2.65 bits per heavy atom. The van der Waals surface area contributed by atoms with Gasteiger partial charge in [0.25, 0.3) is 5.91 Å². The van der Waals surface area contributed by atoms with Crippen molar-refractivity contribution in [3.63, 3.8) is 0 Å². The van der Waals surface area contributed by atoms with Crippen molar-refractivity contribution in [1.29, 1.82) is 0 Å². The highest BCUT2D eigenvalue weighted by atomic mass is 16.2. The summed E-state index contributed by atoms with van der Waals surface area (Å²) in [5, 5.41) is 5.23. The second-order valence-electron chi connectivity index (χ2n) is 6.50. The Bertz CT molecular complexity index is 973. The van der Waals surface area contributed by atoms with Crippen molar-refractivity contribution in [2.75, 3.05) is 36.8 Å². The van der Waals surface area contributed by atoms with Crippen LogP contribution in [-0.4, -0.2) is 56.7 Å². The standard InChI is InChI=1S/C18H21N7O/c1-12-21-16-15(11-20-23(16)2)17(22-12)24-6-8-25(9-7-24)18(26)13-4-3-5-14(19)10-13/h3-5,10-11H,6-9,19H2,1-2H3. The number of hydrogen-bond acceptors (Lipinski definition) is 6. The summed E-state index contributed by atoms with van der Waals surface area (Å²) >= 11 is 0. The summed E-state index contributed by atoms with van der Waals surface area (Å²) in [6, 6.07) is 7.12. The van der Waals surface area contributed by atoms with E-state index in [1.807, 2.05) is 24.9 Å². The number of anilines is 2. The van der Waals surface area contributed by atoms with Crippen molar-refractivity contribution in [2.24, 2.45) is 7.05 Å². The zero-order chi connectivity index (χ0) is 18.3. The van der Waals surface area contributed by atoms with Crippen molar-refractivity contribution in [2.45, 2.75) is 6.92 Å². The number of aromatic nitrogens is 4. The lowest BCUT2D eigenvalue weighted by molar-refractivity contribution is 0.0746. The van der Waals surface area contributed by atoms with E-state index in [0.717, 1.165) is 22.7 Å². The smallest absolute Gasteiger partial charge is 0.254 e. The highest BCUT2D eigenvalue weighted by molar-refractivity contribution is 5.95. The molecule has 1 amide bonds. The monoisotopic (exact) mass is 351 g/mol. The van der Waals surface area contributed by atoms with E-state index in [4.69, 9.17) is 5.73 Å². The van der Waals surface area contributed by atoms with Crippen molar-refractivity contribution in [1.82, 2.24) is 24.6 Å². The molecule has 2 aromatic heterocycles. The van der Waals surface area contributed by atoms with Crippen LogP contribution in [-0.2, 0) is 7.05 Å². The van der Waals surface area contributed by atoms with Crippen LogP contribution in [0.5, 0.6) is 0 Å². The number of fused-ring (bicyclic) bond motifs is 1. The van der Waals surface area contributed by atoms with E-state index in [2.05, 4.69) is 20.0 Å². The molecule has 1 aromatic carbocycles. The molecule has 1 aliphatic heterocycles. The summed E-state index contributed by atoms with van der Waals surface area (Å²) in [5.41, 5.74) is 7.85. The molecule has 0 aliphatic carbocycles. The van der Waals surface area contributed by atoms with Crippen LogP contribution in [0.2, 0.25) is 0 Å². The van der Waals surface area contributed by atoms with E-state index in [1.165, 1.54) is 0 Å². The van der Waals surface area contributed by atoms with Gasteiger partial charge >= 0.3 is 0 Å². The predicted octanol–water partition coefficient (Wildman–Crippen LogP) is 1.22. The van der Waals surface area contributed by atoms with E-state index in [-0.39, 0.29) is 5.91 Å². The van der Waals surface area contributed by atoms with Gasteiger partial charge in [0, 0.05) is 44.5 Å². The normalized spacial score (nSPS) is 14.8. The molecule has 4 rings (SSSR count). The molecule has 1 fully saturated rings. The number of rotatable bonds is 2. The molecule has 3 aromatic rings. The van der Waals surface area contributed by atoms with Gasteiger partial charge in [-0.1, -0.05) is 6.07 Å². The molecule has 8 nitrogen and oxygen atoms in total. The highest BCUT2D eigenvalue weighted by Crippen LogP contribution is 2.24.